The van der Waals surface area contributed by atoms with Crippen molar-refractivity contribution in [3.63, 3.8) is 0 Å². The molecule has 0 bridgehead atoms. The average molecular weight is 757 g/mol. The zero-order valence-electron chi connectivity index (χ0n) is 31.0. The smallest absolute Gasteiger partial charge is 0.383 e. The van der Waals surface area contributed by atoms with Gasteiger partial charge in [-0.25, -0.2) is 0 Å². The van der Waals surface area contributed by atoms with Crippen LogP contribution in [0, 0.1) is 5.92 Å². The number of nitrogens with zero attached hydrogens (tertiary/aromatic N) is 3. The van der Waals surface area contributed by atoms with E-state index in [0.29, 0.717) is 54.3 Å². The molecule has 3 N–H and O–H groups in total. The van der Waals surface area contributed by atoms with Crippen LogP contribution in [0.25, 0.3) is 11.3 Å². The van der Waals surface area contributed by atoms with Gasteiger partial charge in [0, 0.05) is 75.0 Å². The highest BCUT2D eigenvalue weighted by Gasteiger charge is 2.30. The molecule has 3 aromatic carbocycles. The summed E-state index contributed by atoms with van der Waals surface area (Å²) in [4.78, 5) is 48.9. The molecule has 0 saturated carbocycles. The number of halogens is 3. The van der Waals surface area contributed by atoms with E-state index >= 15 is 0 Å². The van der Waals surface area contributed by atoms with Crippen molar-refractivity contribution in [2.75, 3.05) is 56.7 Å². The molecule has 0 radical (unpaired) electrons. The SMILES string of the molecule is COCCNC(=O)C1CCCN(Cc2cccc(C(=O)Nc3ccc(N4CCCCC4)cc3-c3cc(C(=O)NCc4cccc(C(F)(F)F)c4)ccn3)c2)C1. The minimum atomic E-state index is -4.49. The summed E-state index contributed by atoms with van der Waals surface area (Å²) in [6.07, 6.45) is 2.07. The van der Waals surface area contributed by atoms with E-state index in [1.54, 1.807) is 25.3 Å². The van der Waals surface area contributed by atoms with Crippen LogP contribution < -0.4 is 20.9 Å². The van der Waals surface area contributed by atoms with Gasteiger partial charge in [-0.1, -0.05) is 24.3 Å². The van der Waals surface area contributed by atoms with Gasteiger partial charge in [-0.15, -0.1) is 0 Å². The number of amides is 3. The molecule has 6 rings (SSSR count). The van der Waals surface area contributed by atoms with Crippen molar-refractivity contribution in [3.05, 3.63) is 113 Å². The largest absolute Gasteiger partial charge is 0.416 e. The van der Waals surface area contributed by atoms with Gasteiger partial charge in [0.05, 0.1) is 29.5 Å². The second-order valence-corrected chi connectivity index (χ2v) is 14.1. The minimum absolute atomic E-state index is 0.0350. The number of alkyl halides is 3. The summed E-state index contributed by atoms with van der Waals surface area (Å²) < 4.78 is 44.7. The molecule has 55 heavy (non-hydrogen) atoms. The minimum Gasteiger partial charge on any atom is -0.383 e. The second kappa shape index (κ2) is 18.4. The first-order valence-corrected chi connectivity index (χ1v) is 18.8. The van der Waals surface area contributed by atoms with Gasteiger partial charge < -0.3 is 25.6 Å². The van der Waals surface area contributed by atoms with Crippen LogP contribution in [-0.2, 0) is 28.8 Å². The van der Waals surface area contributed by atoms with Crippen LogP contribution in [0.3, 0.4) is 0 Å². The number of carbonyl (C=O) groups is 3. The number of anilines is 2. The Morgan fingerprint density at radius 3 is 2.42 bits per heavy atom. The molecule has 4 aromatic rings. The molecule has 1 aromatic heterocycles. The summed E-state index contributed by atoms with van der Waals surface area (Å²) >= 11 is 0. The lowest BCUT2D eigenvalue weighted by Gasteiger charge is -2.32. The van der Waals surface area contributed by atoms with Gasteiger partial charge in [0.2, 0.25) is 5.91 Å². The van der Waals surface area contributed by atoms with Crippen molar-refractivity contribution in [1.82, 2.24) is 20.5 Å². The van der Waals surface area contributed by atoms with Crippen molar-refractivity contribution in [2.45, 2.75) is 51.4 Å². The summed E-state index contributed by atoms with van der Waals surface area (Å²) in [6.45, 7) is 4.76. The average Bonchev–Trinajstić information content (AvgIpc) is 3.20. The van der Waals surface area contributed by atoms with Crippen LogP contribution in [0.2, 0.25) is 0 Å². The predicted molar refractivity (Wildman–Crippen MR) is 206 cm³/mol. The number of methoxy groups -OCH3 is 1. The van der Waals surface area contributed by atoms with Crippen molar-refractivity contribution >= 4 is 29.1 Å². The molecule has 3 amide bonds. The Labute approximate surface area is 319 Å². The molecular weight excluding hydrogens is 709 g/mol. The van der Waals surface area contributed by atoms with E-state index in [2.05, 4.69) is 30.7 Å². The Morgan fingerprint density at radius 2 is 1.62 bits per heavy atom. The summed E-state index contributed by atoms with van der Waals surface area (Å²) in [5.74, 6) is -0.843. The van der Waals surface area contributed by atoms with Crippen LogP contribution in [-0.4, -0.2) is 74.0 Å². The van der Waals surface area contributed by atoms with Crippen LogP contribution in [0.4, 0.5) is 24.5 Å². The number of carbonyl (C=O) groups excluding carboxylic acids is 3. The molecule has 13 heteroatoms. The lowest BCUT2D eigenvalue weighted by molar-refractivity contribution is -0.137. The van der Waals surface area contributed by atoms with E-state index in [1.165, 1.54) is 24.8 Å². The topological polar surface area (TPSA) is 116 Å². The number of piperidine rings is 2. The Balaban J connectivity index is 1.18. The summed E-state index contributed by atoms with van der Waals surface area (Å²) in [5, 5.41) is 8.74. The van der Waals surface area contributed by atoms with Gasteiger partial charge in [-0.2, -0.15) is 13.2 Å². The monoisotopic (exact) mass is 756 g/mol. The maximum atomic E-state index is 13.8. The van der Waals surface area contributed by atoms with Crippen molar-refractivity contribution in [1.29, 1.82) is 0 Å². The number of benzene rings is 3. The van der Waals surface area contributed by atoms with Crippen LogP contribution in [0.15, 0.2) is 85.1 Å². The molecule has 2 fully saturated rings. The molecule has 1 atom stereocenters. The van der Waals surface area contributed by atoms with Crippen molar-refractivity contribution in [3.8, 4) is 11.3 Å². The quantitative estimate of drug-likeness (QED) is 0.127. The molecule has 3 heterocycles. The Morgan fingerprint density at radius 1 is 0.836 bits per heavy atom. The molecule has 2 aliphatic heterocycles. The number of hydrogen-bond acceptors (Lipinski definition) is 7. The normalized spacial score (nSPS) is 16.4. The molecule has 10 nitrogen and oxygen atoms in total. The highest BCUT2D eigenvalue weighted by Crippen LogP contribution is 2.34. The van der Waals surface area contributed by atoms with Crippen LogP contribution in [0.1, 0.15) is 69.5 Å². The third kappa shape index (κ3) is 10.7. The Bertz CT molecular complexity index is 1970. The van der Waals surface area contributed by atoms with Gasteiger partial charge in [0.25, 0.3) is 11.8 Å². The third-order valence-corrected chi connectivity index (χ3v) is 10.1. The van der Waals surface area contributed by atoms with Crippen LogP contribution in [0.5, 0.6) is 0 Å². The summed E-state index contributed by atoms with van der Waals surface area (Å²) in [6, 6.07) is 21.3. The number of likely N-dealkylation sites (tertiary alicyclic amines) is 1. The molecule has 1 unspecified atom stereocenters. The van der Waals surface area contributed by atoms with E-state index in [4.69, 9.17) is 4.74 Å². The highest BCUT2D eigenvalue weighted by molar-refractivity contribution is 6.06. The summed E-state index contributed by atoms with van der Waals surface area (Å²) in [7, 11) is 1.60. The van der Waals surface area contributed by atoms with E-state index < -0.39 is 17.6 Å². The second-order valence-electron chi connectivity index (χ2n) is 14.1. The lowest BCUT2D eigenvalue weighted by Crippen LogP contribution is -2.43. The zero-order chi connectivity index (χ0) is 38.8. The third-order valence-electron chi connectivity index (χ3n) is 10.1. The fourth-order valence-corrected chi connectivity index (χ4v) is 7.16. The number of rotatable bonds is 13. The van der Waals surface area contributed by atoms with E-state index in [-0.39, 0.29) is 29.8 Å². The van der Waals surface area contributed by atoms with E-state index in [9.17, 15) is 27.6 Å². The van der Waals surface area contributed by atoms with E-state index in [0.717, 1.165) is 68.7 Å². The lowest BCUT2D eigenvalue weighted by atomic mass is 9.96. The Kier molecular flexibility index (Phi) is 13.2. The number of ether oxygens (including phenoxy) is 1. The highest BCUT2D eigenvalue weighted by atomic mass is 19.4. The molecule has 0 spiro atoms. The molecular formula is C42H47F3N6O4. The number of aromatic nitrogens is 1. The van der Waals surface area contributed by atoms with Crippen LogP contribution >= 0.6 is 0 Å². The fourth-order valence-electron chi connectivity index (χ4n) is 7.16. The Hall–Kier alpha value is -5.27. The number of nitrogens with one attached hydrogen (secondary N) is 3. The van der Waals surface area contributed by atoms with Gasteiger partial charge in [-0.3, -0.25) is 24.3 Å². The molecule has 2 saturated heterocycles. The number of pyridine rings is 1. The van der Waals surface area contributed by atoms with Gasteiger partial charge in [-0.05, 0) is 104 Å². The number of hydrogen-bond donors (Lipinski definition) is 3. The van der Waals surface area contributed by atoms with Gasteiger partial charge in [0.15, 0.2) is 0 Å². The molecule has 2 aliphatic rings. The van der Waals surface area contributed by atoms with Gasteiger partial charge in [0.1, 0.15) is 0 Å². The molecule has 290 valence electrons. The first-order chi connectivity index (χ1) is 26.6. The fraction of sp³-hybridized carbons (Fsp3) is 0.381. The summed E-state index contributed by atoms with van der Waals surface area (Å²) in [5.41, 5.74) is 3.83. The first-order valence-electron chi connectivity index (χ1n) is 18.8. The predicted octanol–water partition coefficient (Wildman–Crippen LogP) is 6.91. The van der Waals surface area contributed by atoms with Gasteiger partial charge >= 0.3 is 6.18 Å². The van der Waals surface area contributed by atoms with E-state index in [1.807, 2.05) is 36.4 Å². The maximum Gasteiger partial charge on any atom is 0.416 e. The van der Waals surface area contributed by atoms with Crippen molar-refractivity contribution < 1.29 is 32.3 Å². The maximum absolute atomic E-state index is 13.8. The standard InChI is InChI=1S/C42H47F3N6O4/c1-55-21-17-47-40(53)33-11-7-18-50(28-33)27-30-9-5-10-31(22-30)41(54)49-37-14-13-35(51-19-3-2-4-20-51)25-36(37)38-24-32(15-16-46-38)39(52)48-26-29-8-6-12-34(23-29)42(43,44)45/h5-6,8-10,12-16,22-25,33H,2-4,7,11,17-21,26-28H2,1H3,(H,47,53)(H,48,52)(H,49,54). The first kappa shape index (κ1) is 39.4. The zero-order valence-corrected chi connectivity index (χ0v) is 31.0. The molecule has 0 aliphatic carbocycles. The van der Waals surface area contributed by atoms with Crippen molar-refractivity contribution in [2.24, 2.45) is 5.92 Å².